The fourth-order valence-corrected chi connectivity index (χ4v) is 3.21. The van der Waals surface area contributed by atoms with Crippen LogP contribution in [0.15, 0.2) is 78.9 Å². The molecule has 0 aliphatic rings. The molecule has 4 aromatic rings. The third-order valence-electron chi connectivity index (χ3n) is 4.56. The second-order valence-electron chi connectivity index (χ2n) is 6.10. The first-order valence-corrected chi connectivity index (χ1v) is 8.47. The monoisotopic (exact) mass is 342 g/mol. The van der Waals surface area contributed by atoms with E-state index in [0.29, 0.717) is 11.3 Å². The summed E-state index contributed by atoms with van der Waals surface area (Å²) >= 11 is 0. The van der Waals surface area contributed by atoms with Crippen LogP contribution in [-0.2, 0) is 11.3 Å². The Bertz CT molecular complexity index is 1030. The van der Waals surface area contributed by atoms with E-state index < -0.39 is 0 Å². The Hall–Kier alpha value is -3.33. The molecule has 26 heavy (non-hydrogen) atoms. The van der Waals surface area contributed by atoms with Gasteiger partial charge in [0, 0.05) is 5.56 Å². The van der Waals surface area contributed by atoms with Crippen molar-refractivity contribution in [1.82, 2.24) is 0 Å². The lowest BCUT2D eigenvalue weighted by molar-refractivity contribution is 0.0476. The first-order chi connectivity index (χ1) is 12.8. The highest BCUT2D eigenvalue weighted by atomic mass is 16.5. The summed E-state index contributed by atoms with van der Waals surface area (Å²) in [4.78, 5) is 12.4. The topological polar surface area (TPSA) is 35.5 Å². The lowest BCUT2D eigenvalue weighted by Crippen LogP contribution is -2.06. The van der Waals surface area contributed by atoms with Crippen molar-refractivity contribution in [2.24, 2.45) is 0 Å². The Balaban J connectivity index is 1.68. The summed E-state index contributed by atoms with van der Waals surface area (Å²) in [6, 6.07) is 25.4. The summed E-state index contributed by atoms with van der Waals surface area (Å²) in [6.07, 6.45) is 0. The lowest BCUT2D eigenvalue weighted by atomic mass is 9.97. The normalized spacial score (nSPS) is 10.8. The number of methoxy groups -OCH3 is 1. The third kappa shape index (κ3) is 3.00. The predicted molar refractivity (Wildman–Crippen MR) is 104 cm³/mol. The van der Waals surface area contributed by atoms with Crippen molar-refractivity contribution < 1.29 is 14.3 Å². The molecule has 128 valence electrons. The van der Waals surface area contributed by atoms with Gasteiger partial charge in [-0.15, -0.1) is 0 Å². The highest BCUT2D eigenvalue weighted by Gasteiger charge is 2.12. The maximum atomic E-state index is 12.4. The zero-order valence-corrected chi connectivity index (χ0v) is 14.4. The first kappa shape index (κ1) is 16.2. The molecule has 0 aliphatic carbocycles. The van der Waals surface area contributed by atoms with Gasteiger partial charge in [0.25, 0.3) is 0 Å². The minimum Gasteiger partial charge on any atom is -0.497 e. The fourth-order valence-electron chi connectivity index (χ4n) is 3.21. The van der Waals surface area contributed by atoms with Gasteiger partial charge in [0.15, 0.2) is 0 Å². The van der Waals surface area contributed by atoms with Crippen LogP contribution in [0.4, 0.5) is 0 Å². The SMILES string of the molecule is COc1ccc(C(=O)OCc2c3ccccc3cc3ccccc23)cc1. The molecule has 0 radical (unpaired) electrons. The standard InChI is InChI=1S/C23H18O3/c1-25-19-12-10-16(11-13-19)23(24)26-15-22-20-8-4-2-6-17(20)14-18-7-3-5-9-21(18)22/h2-14H,15H2,1H3. The van der Waals surface area contributed by atoms with E-state index in [-0.39, 0.29) is 12.6 Å². The molecule has 0 heterocycles. The Morgan fingerprint density at radius 2 is 1.38 bits per heavy atom. The van der Waals surface area contributed by atoms with Crippen molar-refractivity contribution in [3.8, 4) is 5.75 Å². The number of carbonyl (C=O) groups is 1. The summed E-state index contributed by atoms with van der Waals surface area (Å²) in [7, 11) is 1.60. The Morgan fingerprint density at radius 3 is 1.96 bits per heavy atom. The van der Waals surface area contributed by atoms with E-state index >= 15 is 0 Å². The molecule has 0 aliphatic heterocycles. The van der Waals surface area contributed by atoms with E-state index in [0.717, 1.165) is 27.1 Å². The van der Waals surface area contributed by atoms with Gasteiger partial charge in [-0.3, -0.25) is 0 Å². The molecule has 4 rings (SSSR count). The molecule has 0 amide bonds. The van der Waals surface area contributed by atoms with Gasteiger partial charge in [-0.05, 0) is 51.9 Å². The van der Waals surface area contributed by atoms with Crippen LogP contribution in [0, 0.1) is 0 Å². The summed E-state index contributed by atoms with van der Waals surface area (Å²) in [5.41, 5.74) is 1.54. The Labute approximate surface area is 151 Å². The van der Waals surface area contributed by atoms with Crippen molar-refractivity contribution in [1.29, 1.82) is 0 Å². The van der Waals surface area contributed by atoms with Crippen molar-refractivity contribution in [2.45, 2.75) is 6.61 Å². The molecule has 0 atom stereocenters. The molecule has 0 spiro atoms. The third-order valence-corrected chi connectivity index (χ3v) is 4.56. The summed E-state index contributed by atoms with van der Waals surface area (Å²) < 4.78 is 10.7. The predicted octanol–water partition coefficient (Wildman–Crippen LogP) is 5.36. The number of carbonyl (C=O) groups excluding carboxylic acids is 1. The minimum absolute atomic E-state index is 0.229. The van der Waals surface area contributed by atoms with Crippen molar-refractivity contribution in [3.63, 3.8) is 0 Å². The van der Waals surface area contributed by atoms with Gasteiger partial charge < -0.3 is 9.47 Å². The van der Waals surface area contributed by atoms with Crippen molar-refractivity contribution in [3.05, 3.63) is 90.0 Å². The zero-order chi connectivity index (χ0) is 17.9. The quantitative estimate of drug-likeness (QED) is 0.370. The number of hydrogen-bond donors (Lipinski definition) is 0. The minimum atomic E-state index is -0.343. The van der Waals surface area contributed by atoms with Gasteiger partial charge >= 0.3 is 5.97 Å². The van der Waals surface area contributed by atoms with Gasteiger partial charge in [0.2, 0.25) is 0 Å². The molecule has 0 fully saturated rings. The number of fused-ring (bicyclic) bond motifs is 2. The molecule has 0 saturated heterocycles. The van der Waals surface area contributed by atoms with Crippen LogP contribution >= 0.6 is 0 Å². The molecule has 0 saturated carbocycles. The maximum absolute atomic E-state index is 12.4. The highest BCUT2D eigenvalue weighted by Crippen LogP contribution is 2.29. The van der Waals surface area contributed by atoms with Crippen molar-refractivity contribution in [2.75, 3.05) is 7.11 Å². The molecule has 3 nitrogen and oxygen atoms in total. The van der Waals surface area contributed by atoms with Crippen LogP contribution in [0.5, 0.6) is 5.75 Å². The fraction of sp³-hybridized carbons (Fsp3) is 0.0870. The van der Waals surface area contributed by atoms with Crippen LogP contribution in [0.1, 0.15) is 15.9 Å². The first-order valence-electron chi connectivity index (χ1n) is 8.47. The van der Waals surface area contributed by atoms with Crippen LogP contribution in [0.3, 0.4) is 0 Å². The number of rotatable bonds is 4. The van der Waals surface area contributed by atoms with E-state index in [1.165, 1.54) is 0 Å². The molecule has 0 N–H and O–H groups in total. The molecule has 0 bridgehead atoms. The summed E-state index contributed by atoms with van der Waals surface area (Å²) in [5.74, 6) is 0.367. The van der Waals surface area contributed by atoms with E-state index in [4.69, 9.17) is 9.47 Å². The number of hydrogen-bond acceptors (Lipinski definition) is 3. The average Bonchev–Trinajstić information content (AvgIpc) is 2.71. The highest BCUT2D eigenvalue weighted by molar-refractivity contribution is 6.02. The maximum Gasteiger partial charge on any atom is 0.338 e. The second-order valence-corrected chi connectivity index (χ2v) is 6.10. The van der Waals surface area contributed by atoms with Crippen LogP contribution in [0.2, 0.25) is 0 Å². The average molecular weight is 342 g/mol. The molecule has 3 heteroatoms. The smallest absolute Gasteiger partial charge is 0.338 e. The van der Waals surface area contributed by atoms with Gasteiger partial charge in [0.05, 0.1) is 12.7 Å². The van der Waals surface area contributed by atoms with E-state index in [1.807, 2.05) is 24.3 Å². The van der Waals surface area contributed by atoms with Gasteiger partial charge in [0.1, 0.15) is 12.4 Å². The van der Waals surface area contributed by atoms with Crippen molar-refractivity contribution >= 4 is 27.5 Å². The number of ether oxygens (including phenoxy) is 2. The molecule has 4 aromatic carbocycles. The molecular formula is C23H18O3. The Morgan fingerprint density at radius 1 is 0.808 bits per heavy atom. The number of benzene rings is 4. The van der Waals surface area contributed by atoms with E-state index in [9.17, 15) is 4.79 Å². The van der Waals surface area contributed by atoms with Crippen LogP contribution in [0.25, 0.3) is 21.5 Å². The van der Waals surface area contributed by atoms with E-state index in [2.05, 4.69) is 30.3 Å². The lowest BCUT2D eigenvalue weighted by Gasteiger charge is -2.12. The second kappa shape index (κ2) is 6.89. The molecule has 0 aromatic heterocycles. The zero-order valence-electron chi connectivity index (χ0n) is 14.4. The van der Waals surface area contributed by atoms with Gasteiger partial charge in [-0.2, -0.15) is 0 Å². The largest absolute Gasteiger partial charge is 0.497 e. The molecule has 0 unspecified atom stereocenters. The van der Waals surface area contributed by atoms with Crippen LogP contribution < -0.4 is 4.74 Å². The summed E-state index contributed by atoms with van der Waals surface area (Å²) in [5, 5.41) is 4.49. The van der Waals surface area contributed by atoms with Gasteiger partial charge in [-0.25, -0.2) is 4.79 Å². The molecular weight excluding hydrogens is 324 g/mol. The van der Waals surface area contributed by atoms with E-state index in [1.54, 1.807) is 31.4 Å². The van der Waals surface area contributed by atoms with Gasteiger partial charge in [-0.1, -0.05) is 48.5 Å². The summed E-state index contributed by atoms with van der Waals surface area (Å²) in [6.45, 7) is 0.229. The Kier molecular flexibility index (Phi) is 4.28. The number of esters is 1. The van der Waals surface area contributed by atoms with Crippen LogP contribution in [-0.4, -0.2) is 13.1 Å².